The molecule has 1 aliphatic heterocycles. The summed E-state index contributed by atoms with van der Waals surface area (Å²) in [4.78, 5) is 49.7. The smallest absolute Gasteiger partial charge is 0.334 e. The number of fused-ring (bicyclic) bond motifs is 2. The molecule has 0 radical (unpaired) electrons. The van der Waals surface area contributed by atoms with E-state index in [-0.39, 0.29) is 12.4 Å². The molecular formula is C27H36O8. The number of allylic oxidation sites excluding steroid dienone is 1. The maximum Gasteiger partial charge on any atom is 0.334 e. The Bertz CT molecular complexity index is 1000. The quantitative estimate of drug-likeness (QED) is 0.331. The number of carbonyl (C=O) groups excluding carboxylic acids is 4. The zero-order chi connectivity index (χ0) is 26.1. The van der Waals surface area contributed by atoms with Gasteiger partial charge < -0.3 is 18.9 Å². The van der Waals surface area contributed by atoms with E-state index < -0.39 is 53.7 Å². The van der Waals surface area contributed by atoms with Gasteiger partial charge in [-0.15, -0.1) is 0 Å². The van der Waals surface area contributed by atoms with Crippen LogP contribution in [0.4, 0.5) is 0 Å². The van der Waals surface area contributed by atoms with Gasteiger partial charge in [-0.05, 0) is 39.7 Å². The van der Waals surface area contributed by atoms with Gasteiger partial charge in [0.05, 0.1) is 5.41 Å². The lowest BCUT2D eigenvalue weighted by Crippen LogP contribution is -2.58. The van der Waals surface area contributed by atoms with E-state index in [0.717, 1.165) is 11.1 Å². The molecule has 0 spiro atoms. The second-order valence-corrected chi connectivity index (χ2v) is 9.95. The fourth-order valence-corrected chi connectivity index (χ4v) is 5.74. The summed E-state index contributed by atoms with van der Waals surface area (Å²) in [5, 5.41) is 0. The second-order valence-electron chi connectivity index (χ2n) is 9.95. The molecule has 0 aromatic rings. The molecule has 0 aromatic heterocycles. The number of rotatable bonds is 4. The summed E-state index contributed by atoms with van der Waals surface area (Å²) in [7, 11) is 0. The first-order valence-electron chi connectivity index (χ1n) is 12.2. The van der Waals surface area contributed by atoms with E-state index >= 15 is 0 Å². The Morgan fingerprint density at radius 2 is 1.71 bits per heavy atom. The summed E-state index contributed by atoms with van der Waals surface area (Å²) < 4.78 is 23.5. The Kier molecular flexibility index (Phi) is 7.92. The van der Waals surface area contributed by atoms with Crippen molar-refractivity contribution in [1.29, 1.82) is 0 Å². The van der Waals surface area contributed by atoms with E-state index in [4.69, 9.17) is 18.9 Å². The summed E-state index contributed by atoms with van der Waals surface area (Å²) in [5.41, 5.74) is 1.86. The fraction of sp³-hybridized carbons (Fsp3) is 0.630. The van der Waals surface area contributed by atoms with Crippen molar-refractivity contribution in [3.63, 3.8) is 0 Å². The Hall–Kier alpha value is -2.90. The van der Waals surface area contributed by atoms with Crippen LogP contribution in [-0.2, 0) is 38.1 Å². The van der Waals surface area contributed by atoms with Crippen molar-refractivity contribution in [2.24, 2.45) is 11.3 Å². The van der Waals surface area contributed by atoms with Crippen LogP contribution >= 0.6 is 0 Å². The second kappa shape index (κ2) is 10.4. The van der Waals surface area contributed by atoms with Crippen LogP contribution in [0.5, 0.6) is 0 Å². The topological polar surface area (TPSA) is 105 Å². The Labute approximate surface area is 206 Å². The lowest BCUT2D eigenvalue weighted by molar-refractivity contribution is -0.189. The van der Waals surface area contributed by atoms with E-state index in [2.05, 4.69) is 0 Å². The molecule has 0 N–H and O–H groups in total. The molecule has 192 valence electrons. The molecule has 0 saturated heterocycles. The number of esters is 4. The Morgan fingerprint density at radius 1 is 1.06 bits per heavy atom. The van der Waals surface area contributed by atoms with E-state index in [9.17, 15) is 19.2 Å². The standard InChI is InChI=1S/C27H36O8/c1-8-22(30)35-21-11-9-14(2)13-19-23(16(4)26(31)34-19)25(33-18(6)29)24-15(3)10-12-20(27(21,24)7)32-17(5)28/h10,13,19-21,24-25H,8-9,11-12H2,1-7H3/b14-13-/t19-,20?,21-,24+,25?,27+/m1/s1. The summed E-state index contributed by atoms with van der Waals surface area (Å²) in [6.07, 6.45) is 2.68. The first kappa shape index (κ1) is 26.7. The zero-order valence-corrected chi connectivity index (χ0v) is 21.6. The van der Waals surface area contributed by atoms with E-state index in [1.54, 1.807) is 13.8 Å². The van der Waals surface area contributed by atoms with Gasteiger partial charge in [0.2, 0.25) is 0 Å². The van der Waals surface area contributed by atoms with Crippen molar-refractivity contribution in [2.75, 3.05) is 0 Å². The van der Waals surface area contributed by atoms with Crippen LogP contribution in [0.2, 0.25) is 0 Å². The Morgan fingerprint density at radius 3 is 2.31 bits per heavy atom. The van der Waals surface area contributed by atoms with Crippen molar-refractivity contribution < 1.29 is 38.1 Å². The molecule has 1 heterocycles. The summed E-state index contributed by atoms with van der Waals surface area (Å²) in [5.74, 6) is -2.33. The normalized spacial score (nSPS) is 34.4. The van der Waals surface area contributed by atoms with Gasteiger partial charge in [-0.2, -0.15) is 0 Å². The third kappa shape index (κ3) is 5.21. The maximum atomic E-state index is 12.7. The van der Waals surface area contributed by atoms with Crippen molar-refractivity contribution in [2.45, 2.75) is 98.6 Å². The van der Waals surface area contributed by atoms with Crippen LogP contribution in [0.3, 0.4) is 0 Å². The third-order valence-electron chi connectivity index (χ3n) is 7.49. The van der Waals surface area contributed by atoms with Gasteiger partial charge in [0.15, 0.2) is 0 Å². The van der Waals surface area contributed by atoms with E-state index in [1.807, 2.05) is 32.9 Å². The highest BCUT2D eigenvalue weighted by Gasteiger charge is 2.58. The zero-order valence-electron chi connectivity index (χ0n) is 21.6. The van der Waals surface area contributed by atoms with Gasteiger partial charge in [0.25, 0.3) is 0 Å². The molecule has 6 atom stereocenters. The number of carbonyl (C=O) groups is 4. The highest BCUT2D eigenvalue weighted by atomic mass is 16.6. The Balaban J connectivity index is 2.32. The van der Waals surface area contributed by atoms with Crippen LogP contribution in [0.1, 0.15) is 74.1 Å². The predicted octanol–water partition coefficient (Wildman–Crippen LogP) is 4.13. The first-order valence-corrected chi connectivity index (χ1v) is 12.2. The average molecular weight is 489 g/mol. The van der Waals surface area contributed by atoms with Gasteiger partial charge in [0, 0.05) is 43.8 Å². The minimum atomic E-state index is -0.948. The van der Waals surface area contributed by atoms with Crippen LogP contribution in [-0.4, -0.2) is 48.3 Å². The highest BCUT2D eigenvalue weighted by molar-refractivity contribution is 5.92. The number of hydrogen-bond donors (Lipinski definition) is 0. The molecule has 2 aliphatic carbocycles. The summed E-state index contributed by atoms with van der Waals surface area (Å²) in [6.45, 7) is 11.8. The summed E-state index contributed by atoms with van der Waals surface area (Å²) >= 11 is 0. The van der Waals surface area contributed by atoms with Crippen LogP contribution in [0.25, 0.3) is 0 Å². The van der Waals surface area contributed by atoms with Gasteiger partial charge in [-0.1, -0.05) is 31.1 Å². The fourth-order valence-electron chi connectivity index (χ4n) is 5.74. The third-order valence-corrected chi connectivity index (χ3v) is 7.49. The molecule has 3 aliphatic rings. The molecule has 0 fully saturated rings. The van der Waals surface area contributed by atoms with Gasteiger partial charge in [-0.25, -0.2) is 4.79 Å². The van der Waals surface area contributed by atoms with Crippen molar-refractivity contribution in [1.82, 2.24) is 0 Å². The minimum Gasteiger partial charge on any atom is -0.462 e. The minimum absolute atomic E-state index is 0.196. The van der Waals surface area contributed by atoms with E-state index in [0.29, 0.717) is 30.4 Å². The van der Waals surface area contributed by atoms with Gasteiger partial charge >= 0.3 is 23.9 Å². The lowest BCUT2D eigenvalue weighted by atomic mass is 9.58. The molecule has 0 aromatic carbocycles. The molecule has 0 bridgehead atoms. The SMILES string of the molecule is CCC(=O)O[C@@H]1CC/C(C)=C\[C@H]2OC(=O)C(C)=C2C(OC(C)=O)[C@@H]2C(C)=CCC(OC(C)=O)[C@@]12C. The molecule has 0 saturated carbocycles. The monoisotopic (exact) mass is 488 g/mol. The van der Waals surface area contributed by atoms with Crippen molar-refractivity contribution in [3.8, 4) is 0 Å². The summed E-state index contributed by atoms with van der Waals surface area (Å²) in [6, 6.07) is 0. The molecule has 3 rings (SSSR count). The first-order chi connectivity index (χ1) is 16.4. The lowest BCUT2D eigenvalue weighted by Gasteiger charge is -2.52. The molecule has 2 unspecified atom stereocenters. The van der Waals surface area contributed by atoms with Crippen LogP contribution < -0.4 is 0 Å². The van der Waals surface area contributed by atoms with Crippen molar-refractivity contribution in [3.05, 3.63) is 34.4 Å². The van der Waals surface area contributed by atoms with Crippen LogP contribution in [0, 0.1) is 11.3 Å². The van der Waals surface area contributed by atoms with Gasteiger partial charge in [-0.3, -0.25) is 14.4 Å². The van der Waals surface area contributed by atoms with Crippen LogP contribution in [0.15, 0.2) is 34.4 Å². The van der Waals surface area contributed by atoms with E-state index in [1.165, 1.54) is 13.8 Å². The molecule has 8 heteroatoms. The largest absolute Gasteiger partial charge is 0.462 e. The van der Waals surface area contributed by atoms with Gasteiger partial charge in [0.1, 0.15) is 24.4 Å². The molecule has 0 amide bonds. The number of hydrogen-bond acceptors (Lipinski definition) is 8. The average Bonchev–Trinajstić information content (AvgIpc) is 3.03. The van der Waals surface area contributed by atoms with Crippen molar-refractivity contribution >= 4 is 23.9 Å². The molecule has 8 nitrogen and oxygen atoms in total. The number of ether oxygens (including phenoxy) is 4. The maximum absolute atomic E-state index is 12.7. The molecular weight excluding hydrogens is 452 g/mol. The predicted molar refractivity (Wildman–Crippen MR) is 127 cm³/mol. The molecule has 35 heavy (non-hydrogen) atoms. The highest BCUT2D eigenvalue weighted by Crippen LogP contribution is 2.53.